The lowest BCUT2D eigenvalue weighted by Gasteiger charge is -2.31. The van der Waals surface area contributed by atoms with Gasteiger partial charge < -0.3 is 19.4 Å². The Morgan fingerprint density at radius 1 is 1.18 bits per heavy atom. The molecule has 0 saturated carbocycles. The molecule has 208 valence electrons. The van der Waals surface area contributed by atoms with Gasteiger partial charge in [-0.3, -0.25) is 19.9 Å². The molecule has 2 aliphatic heterocycles. The number of rotatable bonds is 8. The van der Waals surface area contributed by atoms with Gasteiger partial charge in [0.2, 0.25) is 0 Å². The molecular formula is C27H32F3N7O2. The van der Waals surface area contributed by atoms with E-state index >= 15 is 0 Å². The van der Waals surface area contributed by atoms with Crippen molar-refractivity contribution >= 4 is 18.6 Å². The van der Waals surface area contributed by atoms with Crippen LogP contribution in [0.3, 0.4) is 0 Å². The summed E-state index contributed by atoms with van der Waals surface area (Å²) in [5.41, 5.74) is 1.34. The molecule has 9 nitrogen and oxygen atoms in total. The summed E-state index contributed by atoms with van der Waals surface area (Å²) in [7, 11) is 4.79. The number of hydrogen-bond donors (Lipinski definition) is 1. The van der Waals surface area contributed by atoms with E-state index in [0.29, 0.717) is 65.7 Å². The number of hydrogen-bond acceptors (Lipinski definition) is 5. The standard InChI is InChI=1S/C27H32F3N7O2/c1-6-19(39-5)13-18(32-2)15-36-8-7-20-21(23-16-35(4)33-24(23)27(28,29)30)11-17(12-22(20)25(36)38)14-37-10-9-34(3)26(37)31/h6,11-13,16,31H,2,7-10,14-15H2,1,3-5H3/b18-13-,19-6+,31-26?. The van der Waals surface area contributed by atoms with E-state index in [2.05, 4.69) is 16.8 Å². The van der Waals surface area contributed by atoms with Gasteiger partial charge >= 0.3 is 6.18 Å². The first-order valence-electron chi connectivity index (χ1n) is 12.4. The van der Waals surface area contributed by atoms with Gasteiger partial charge in [0.1, 0.15) is 5.76 Å². The molecule has 1 aromatic heterocycles. The second-order valence-corrected chi connectivity index (χ2v) is 9.56. The monoisotopic (exact) mass is 543 g/mol. The van der Waals surface area contributed by atoms with Gasteiger partial charge in [-0.15, -0.1) is 0 Å². The van der Waals surface area contributed by atoms with Crippen molar-refractivity contribution in [2.24, 2.45) is 12.0 Å². The number of carbonyl (C=O) groups excluding carboxylic acids is 1. The number of allylic oxidation sites excluding steroid dienone is 2. The molecule has 1 saturated heterocycles. The molecule has 4 rings (SSSR count). The van der Waals surface area contributed by atoms with Gasteiger partial charge in [0.25, 0.3) is 5.91 Å². The minimum Gasteiger partial charge on any atom is -0.497 e. The minimum absolute atomic E-state index is 0.0656. The fourth-order valence-electron chi connectivity index (χ4n) is 4.95. The number of aromatic nitrogens is 2. The van der Waals surface area contributed by atoms with Gasteiger partial charge in [0.05, 0.1) is 19.4 Å². The van der Waals surface area contributed by atoms with Crippen molar-refractivity contribution in [3.05, 3.63) is 64.3 Å². The van der Waals surface area contributed by atoms with Crippen molar-refractivity contribution in [1.82, 2.24) is 24.5 Å². The Kier molecular flexibility index (Phi) is 7.84. The summed E-state index contributed by atoms with van der Waals surface area (Å²) in [4.78, 5) is 23.0. The number of benzene rings is 1. The third-order valence-corrected chi connectivity index (χ3v) is 6.97. The minimum atomic E-state index is -4.66. The average molecular weight is 544 g/mol. The van der Waals surface area contributed by atoms with Crippen molar-refractivity contribution in [2.45, 2.75) is 26.1 Å². The number of carbonyl (C=O) groups is 1. The van der Waals surface area contributed by atoms with Crippen LogP contribution in [0.25, 0.3) is 11.1 Å². The first-order chi connectivity index (χ1) is 18.5. The Balaban J connectivity index is 1.79. The summed E-state index contributed by atoms with van der Waals surface area (Å²) in [6.45, 7) is 7.45. The summed E-state index contributed by atoms with van der Waals surface area (Å²) in [6, 6.07) is 3.44. The van der Waals surface area contributed by atoms with Crippen molar-refractivity contribution in [1.29, 1.82) is 5.41 Å². The average Bonchev–Trinajstić information content (AvgIpc) is 3.45. The largest absolute Gasteiger partial charge is 0.497 e. The molecular weight excluding hydrogens is 511 g/mol. The second kappa shape index (κ2) is 11.0. The lowest BCUT2D eigenvalue weighted by molar-refractivity contribution is -0.140. The molecule has 1 aromatic carbocycles. The van der Waals surface area contributed by atoms with E-state index in [1.54, 1.807) is 34.1 Å². The van der Waals surface area contributed by atoms with E-state index in [-0.39, 0.29) is 24.6 Å². The molecule has 39 heavy (non-hydrogen) atoms. The number of ether oxygens (including phenoxy) is 1. The molecule has 1 N–H and O–H groups in total. The van der Waals surface area contributed by atoms with Crippen LogP contribution in [0.1, 0.15) is 34.1 Å². The number of nitrogens with zero attached hydrogens (tertiary/aromatic N) is 6. The number of guanidine groups is 1. The van der Waals surface area contributed by atoms with E-state index in [4.69, 9.17) is 10.1 Å². The van der Waals surface area contributed by atoms with Crippen molar-refractivity contribution < 1.29 is 22.7 Å². The van der Waals surface area contributed by atoms with E-state index in [1.165, 1.54) is 20.4 Å². The molecule has 1 fully saturated rings. The Labute approximate surface area is 225 Å². The Morgan fingerprint density at radius 3 is 2.49 bits per heavy atom. The predicted octanol–water partition coefficient (Wildman–Crippen LogP) is 3.92. The van der Waals surface area contributed by atoms with Crippen LogP contribution in [0.4, 0.5) is 13.2 Å². The topological polar surface area (TPSA) is 90.1 Å². The van der Waals surface area contributed by atoms with Gasteiger partial charge in [-0.1, -0.05) is 0 Å². The highest BCUT2D eigenvalue weighted by Crippen LogP contribution is 2.40. The molecule has 3 heterocycles. The van der Waals surface area contributed by atoms with Crippen LogP contribution in [0, 0.1) is 5.41 Å². The Hall–Kier alpha value is -4.09. The fraction of sp³-hybridized carbons (Fsp3) is 0.407. The number of likely N-dealkylation sites (N-methyl/N-ethyl adjacent to an activating group) is 1. The van der Waals surface area contributed by atoms with Crippen molar-refractivity contribution in [2.75, 3.05) is 40.3 Å². The number of alkyl halides is 3. The quantitative estimate of drug-likeness (QED) is 0.310. The molecule has 0 unspecified atom stereocenters. The van der Waals surface area contributed by atoms with Crippen molar-refractivity contribution in [3.8, 4) is 11.1 Å². The van der Waals surface area contributed by atoms with E-state index < -0.39 is 11.9 Å². The number of aliphatic imine (C=N–C) groups is 1. The lowest BCUT2D eigenvalue weighted by atomic mass is 9.88. The van der Waals surface area contributed by atoms with Crippen LogP contribution < -0.4 is 0 Å². The first kappa shape index (κ1) is 27.9. The molecule has 2 aliphatic rings. The van der Waals surface area contributed by atoms with Crippen LogP contribution in [0.2, 0.25) is 0 Å². The van der Waals surface area contributed by atoms with Crippen LogP contribution in [0.15, 0.2) is 46.9 Å². The van der Waals surface area contributed by atoms with Gasteiger partial charge in [0.15, 0.2) is 11.7 Å². The smallest absolute Gasteiger partial charge is 0.435 e. The maximum atomic E-state index is 14.0. The van der Waals surface area contributed by atoms with Crippen LogP contribution >= 0.6 is 0 Å². The fourth-order valence-corrected chi connectivity index (χ4v) is 4.95. The predicted molar refractivity (Wildman–Crippen MR) is 142 cm³/mol. The summed E-state index contributed by atoms with van der Waals surface area (Å²) in [5, 5.41) is 12.0. The van der Waals surface area contributed by atoms with Crippen LogP contribution in [-0.2, 0) is 30.9 Å². The third kappa shape index (κ3) is 5.69. The first-order valence-corrected chi connectivity index (χ1v) is 12.4. The summed E-state index contributed by atoms with van der Waals surface area (Å²) < 4.78 is 48.3. The maximum absolute atomic E-state index is 14.0. The van der Waals surface area contributed by atoms with E-state index in [1.807, 2.05) is 18.9 Å². The van der Waals surface area contributed by atoms with Crippen LogP contribution in [0.5, 0.6) is 0 Å². The Morgan fingerprint density at radius 2 is 1.90 bits per heavy atom. The van der Waals surface area contributed by atoms with E-state index in [9.17, 15) is 18.0 Å². The van der Waals surface area contributed by atoms with Gasteiger partial charge in [0, 0.05) is 63.7 Å². The molecule has 1 amide bonds. The zero-order chi connectivity index (χ0) is 28.5. The summed E-state index contributed by atoms with van der Waals surface area (Å²) in [6.07, 6.45) is 0.493. The number of halogens is 3. The Bertz CT molecular complexity index is 1360. The van der Waals surface area contributed by atoms with Gasteiger partial charge in [-0.05, 0) is 55.0 Å². The zero-order valence-corrected chi connectivity index (χ0v) is 22.5. The van der Waals surface area contributed by atoms with Gasteiger partial charge in [-0.25, -0.2) is 0 Å². The van der Waals surface area contributed by atoms with E-state index in [0.717, 1.165) is 4.68 Å². The number of amides is 1. The SMILES string of the molecule is C=N/C(=C\C(=C/C)OC)CN1CCc2c(cc(CN3CCN(C)C3=N)cc2-c2cn(C)nc2C(F)(F)F)C1=O. The highest BCUT2D eigenvalue weighted by atomic mass is 19.4. The maximum Gasteiger partial charge on any atom is 0.435 e. The molecule has 0 aliphatic carbocycles. The highest BCUT2D eigenvalue weighted by molar-refractivity contribution is 5.99. The number of methoxy groups -OCH3 is 1. The molecule has 0 atom stereocenters. The molecule has 0 bridgehead atoms. The number of aryl methyl sites for hydroxylation is 1. The summed E-state index contributed by atoms with van der Waals surface area (Å²) in [5.74, 6) is 0.588. The molecule has 0 radical (unpaired) electrons. The normalized spacial score (nSPS) is 16.7. The van der Waals surface area contributed by atoms with Crippen molar-refractivity contribution in [3.63, 3.8) is 0 Å². The second-order valence-electron chi connectivity index (χ2n) is 9.56. The number of nitrogens with one attached hydrogen (secondary N) is 1. The highest BCUT2D eigenvalue weighted by Gasteiger charge is 2.39. The number of fused-ring (bicyclic) bond motifs is 1. The summed E-state index contributed by atoms with van der Waals surface area (Å²) >= 11 is 0. The van der Waals surface area contributed by atoms with Gasteiger partial charge in [-0.2, -0.15) is 18.3 Å². The molecule has 2 aromatic rings. The lowest BCUT2D eigenvalue weighted by Crippen LogP contribution is -2.39. The molecule has 12 heteroatoms. The zero-order valence-electron chi connectivity index (χ0n) is 22.5. The van der Waals surface area contributed by atoms with Crippen LogP contribution in [-0.4, -0.2) is 83.4 Å². The third-order valence-electron chi connectivity index (χ3n) is 6.97. The molecule has 0 spiro atoms.